The summed E-state index contributed by atoms with van der Waals surface area (Å²) in [5.41, 5.74) is 1.88. The van der Waals surface area contributed by atoms with Gasteiger partial charge in [0.05, 0.1) is 16.6 Å². The maximum absolute atomic E-state index is 13.2. The summed E-state index contributed by atoms with van der Waals surface area (Å²) in [6, 6.07) is 12.3. The molecule has 0 unspecified atom stereocenters. The molecule has 2 rings (SSSR count). The quantitative estimate of drug-likeness (QED) is 0.676. The summed E-state index contributed by atoms with van der Waals surface area (Å²) in [6.45, 7) is 0.903. The number of rotatable bonds is 5. The van der Waals surface area contributed by atoms with Gasteiger partial charge < -0.3 is 5.32 Å². The molecule has 6 heteroatoms. The molecule has 0 fully saturated rings. The zero-order valence-corrected chi connectivity index (χ0v) is 11.0. The second kappa shape index (κ2) is 6.59. The Bertz CT molecular complexity index is 693. The third-order valence-corrected chi connectivity index (χ3v) is 2.89. The van der Waals surface area contributed by atoms with Gasteiger partial charge in [0.25, 0.3) is 5.69 Å². The van der Waals surface area contributed by atoms with Crippen LogP contribution in [-0.4, -0.2) is 4.92 Å². The van der Waals surface area contributed by atoms with Crippen LogP contribution in [0.15, 0.2) is 42.5 Å². The van der Waals surface area contributed by atoms with Gasteiger partial charge in [-0.1, -0.05) is 12.1 Å². The second-order valence-electron chi connectivity index (χ2n) is 4.49. The predicted octanol–water partition coefficient (Wildman–Crippen LogP) is 2.90. The van der Waals surface area contributed by atoms with E-state index in [-0.39, 0.29) is 11.3 Å². The normalized spacial score (nSPS) is 10.1. The molecule has 21 heavy (non-hydrogen) atoms. The number of nitrogens with one attached hydrogen (secondary N) is 1. The molecule has 0 aliphatic heterocycles. The van der Waals surface area contributed by atoms with Crippen molar-refractivity contribution in [2.75, 3.05) is 0 Å². The fourth-order valence-corrected chi connectivity index (χ4v) is 1.90. The van der Waals surface area contributed by atoms with Gasteiger partial charge in [-0.2, -0.15) is 5.26 Å². The second-order valence-corrected chi connectivity index (χ2v) is 4.49. The number of nitro benzene ring substituents is 1. The lowest BCUT2D eigenvalue weighted by Crippen LogP contribution is -2.13. The molecular formula is C15H12FN3O2. The SMILES string of the molecule is N#Cc1cc(F)cc(CNCc2ccc([N+](=O)[O-])cc2)c1. The fraction of sp³-hybridized carbons (Fsp3) is 0.133. The van der Waals surface area contributed by atoms with E-state index in [2.05, 4.69) is 5.32 Å². The zero-order chi connectivity index (χ0) is 15.2. The minimum atomic E-state index is -0.451. The van der Waals surface area contributed by atoms with E-state index in [9.17, 15) is 14.5 Å². The van der Waals surface area contributed by atoms with Gasteiger partial charge in [-0.3, -0.25) is 10.1 Å². The summed E-state index contributed by atoms with van der Waals surface area (Å²) < 4.78 is 13.2. The summed E-state index contributed by atoms with van der Waals surface area (Å²) in [6.07, 6.45) is 0. The van der Waals surface area contributed by atoms with Crippen LogP contribution < -0.4 is 5.32 Å². The molecular weight excluding hydrogens is 273 g/mol. The fourth-order valence-electron chi connectivity index (χ4n) is 1.90. The molecule has 0 bridgehead atoms. The molecule has 0 atom stereocenters. The number of halogens is 1. The molecule has 2 aromatic rings. The highest BCUT2D eigenvalue weighted by atomic mass is 19.1. The van der Waals surface area contributed by atoms with Gasteiger partial charge >= 0.3 is 0 Å². The molecule has 5 nitrogen and oxygen atoms in total. The number of non-ortho nitro benzene ring substituents is 1. The molecule has 2 aromatic carbocycles. The number of nitrogens with zero attached hydrogens (tertiary/aromatic N) is 2. The van der Waals surface area contributed by atoms with E-state index in [4.69, 9.17) is 5.26 Å². The molecule has 0 saturated heterocycles. The largest absolute Gasteiger partial charge is 0.309 e. The van der Waals surface area contributed by atoms with Gasteiger partial charge in [0.15, 0.2) is 0 Å². The summed E-state index contributed by atoms with van der Waals surface area (Å²) in [5, 5.41) is 22.4. The molecule has 0 saturated carbocycles. The highest BCUT2D eigenvalue weighted by Crippen LogP contribution is 2.12. The maximum Gasteiger partial charge on any atom is 0.269 e. The molecule has 0 aliphatic carbocycles. The summed E-state index contributed by atoms with van der Waals surface area (Å²) >= 11 is 0. The van der Waals surface area contributed by atoms with Crippen molar-refractivity contribution in [2.24, 2.45) is 0 Å². The van der Waals surface area contributed by atoms with E-state index in [1.165, 1.54) is 24.3 Å². The van der Waals surface area contributed by atoms with Crippen LogP contribution in [0.3, 0.4) is 0 Å². The smallest absolute Gasteiger partial charge is 0.269 e. The van der Waals surface area contributed by atoms with E-state index >= 15 is 0 Å². The van der Waals surface area contributed by atoms with Crippen LogP contribution >= 0.6 is 0 Å². The molecule has 0 aromatic heterocycles. The lowest BCUT2D eigenvalue weighted by Gasteiger charge is -2.06. The maximum atomic E-state index is 13.2. The first-order valence-electron chi connectivity index (χ1n) is 6.22. The zero-order valence-electron chi connectivity index (χ0n) is 11.0. The van der Waals surface area contributed by atoms with Crippen molar-refractivity contribution in [3.63, 3.8) is 0 Å². The average Bonchev–Trinajstić information content (AvgIpc) is 2.47. The van der Waals surface area contributed by atoms with Crippen LogP contribution in [0.2, 0.25) is 0 Å². The van der Waals surface area contributed by atoms with Crippen molar-refractivity contribution in [3.05, 3.63) is 75.1 Å². The van der Waals surface area contributed by atoms with Crippen molar-refractivity contribution in [3.8, 4) is 6.07 Å². The Hall–Kier alpha value is -2.78. The van der Waals surface area contributed by atoms with Crippen molar-refractivity contribution >= 4 is 5.69 Å². The van der Waals surface area contributed by atoms with Crippen LogP contribution in [0.25, 0.3) is 0 Å². The lowest BCUT2D eigenvalue weighted by molar-refractivity contribution is -0.384. The highest BCUT2D eigenvalue weighted by molar-refractivity contribution is 5.34. The van der Waals surface area contributed by atoms with E-state index in [0.717, 1.165) is 5.56 Å². The molecule has 106 valence electrons. The Morgan fingerprint density at radius 2 is 1.81 bits per heavy atom. The average molecular weight is 285 g/mol. The first-order chi connectivity index (χ1) is 10.1. The van der Waals surface area contributed by atoms with E-state index < -0.39 is 10.7 Å². The third kappa shape index (κ3) is 4.09. The van der Waals surface area contributed by atoms with Crippen LogP contribution in [-0.2, 0) is 13.1 Å². The molecule has 0 amide bonds. The van der Waals surface area contributed by atoms with Gasteiger partial charge in [-0.15, -0.1) is 0 Å². The Labute approximate surface area is 120 Å². The van der Waals surface area contributed by atoms with Crippen LogP contribution in [0, 0.1) is 27.3 Å². The van der Waals surface area contributed by atoms with Gasteiger partial charge in [-0.05, 0) is 29.3 Å². The molecule has 0 aliphatic rings. The van der Waals surface area contributed by atoms with Crippen LogP contribution in [0.5, 0.6) is 0 Å². The molecule has 0 heterocycles. The predicted molar refractivity (Wildman–Crippen MR) is 74.8 cm³/mol. The van der Waals surface area contributed by atoms with Gasteiger partial charge in [0.1, 0.15) is 5.82 Å². The Kier molecular flexibility index (Phi) is 4.59. The number of hydrogen-bond acceptors (Lipinski definition) is 4. The third-order valence-electron chi connectivity index (χ3n) is 2.89. The number of nitriles is 1. The van der Waals surface area contributed by atoms with Crippen LogP contribution in [0.1, 0.15) is 16.7 Å². The van der Waals surface area contributed by atoms with E-state index in [1.54, 1.807) is 18.2 Å². The summed E-state index contributed by atoms with van der Waals surface area (Å²) in [4.78, 5) is 10.1. The van der Waals surface area contributed by atoms with Gasteiger partial charge in [0.2, 0.25) is 0 Å². The molecule has 0 spiro atoms. The van der Waals surface area contributed by atoms with Crippen molar-refractivity contribution in [1.82, 2.24) is 5.32 Å². The van der Waals surface area contributed by atoms with Crippen molar-refractivity contribution < 1.29 is 9.31 Å². The molecule has 1 N–H and O–H groups in total. The minimum absolute atomic E-state index is 0.0440. The Balaban J connectivity index is 1.94. The van der Waals surface area contributed by atoms with E-state index in [1.807, 2.05) is 6.07 Å². The van der Waals surface area contributed by atoms with Crippen molar-refractivity contribution in [1.29, 1.82) is 5.26 Å². The number of nitro groups is 1. The van der Waals surface area contributed by atoms with Gasteiger partial charge in [0, 0.05) is 25.2 Å². The van der Waals surface area contributed by atoms with Crippen molar-refractivity contribution in [2.45, 2.75) is 13.1 Å². The first-order valence-corrected chi connectivity index (χ1v) is 6.22. The standard InChI is InChI=1S/C15H12FN3O2/c16-14-6-12(8-17)5-13(7-14)10-18-9-11-1-3-15(4-2-11)19(20)21/h1-7,18H,9-10H2. The number of benzene rings is 2. The molecule has 0 radical (unpaired) electrons. The highest BCUT2D eigenvalue weighted by Gasteiger charge is 2.04. The Morgan fingerprint density at radius 1 is 1.14 bits per heavy atom. The summed E-state index contributed by atoms with van der Waals surface area (Å²) in [5.74, 6) is -0.443. The van der Waals surface area contributed by atoms with Crippen LogP contribution in [0.4, 0.5) is 10.1 Å². The topological polar surface area (TPSA) is 79.0 Å². The first kappa shape index (κ1) is 14.6. The minimum Gasteiger partial charge on any atom is -0.309 e. The summed E-state index contributed by atoms with van der Waals surface area (Å²) in [7, 11) is 0. The lowest BCUT2D eigenvalue weighted by atomic mass is 10.1. The van der Waals surface area contributed by atoms with Gasteiger partial charge in [-0.25, -0.2) is 4.39 Å². The monoisotopic (exact) mass is 285 g/mol. The Morgan fingerprint density at radius 3 is 2.43 bits per heavy atom. The van der Waals surface area contributed by atoms with E-state index in [0.29, 0.717) is 18.7 Å². The number of hydrogen-bond donors (Lipinski definition) is 1.